The minimum absolute atomic E-state index is 0.444. The first-order valence-electron chi connectivity index (χ1n) is 22.2. The van der Waals surface area contributed by atoms with E-state index < -0.39 is 5.41 Å². The summed E-state index contributed by atoms with van der Waals surface area (Å²) in [7, 11) is 0. The molecule has 1 nitrogen and oxygen atoms in total. The highest BCUT2D eigenvalue weighted by atomic mass is 15.1. The predicted molar refractivity (Wildman–Crippen MR) is 270 cm³/mol. The number of fused-ring (bicyclic) bond motifs is 5. The van der Waals surface area contributed by atoms with Crippen LogP contribution in [0.15, 0.2) is 261 Å². The van der Waals surface area contributed by atoms with E-state index in [1.165, 1.54) is 88.3 Å². The van der Waals surface area contributed by atoms with Crippen LogP contribution in [0.25, 0.3) is 66.1 Å². The molecule has 0 N–H and O–H groups in total. The van der Waals surface area contributed by atoms with Gasteiger partial charge < -0.3 is 4.90 Å². The molecule has 0 bridgehead atoms. The normalized spacial score (nSPS) is 12.5. The van der Waals surface area contributed by atoms with E-state index in [1.807, 2.05) is 0 Å². The summed E-state index contributed by atoms with van der Waals surface area (Å²) in [6.45, 7) is 0. The molecular weight excluding hydrogens is 771 g/mol. The Morgan fingerprint density at radius 3 is 1.36 bits per heavy atom. The summed E-state index contributed by atoms with van der Waals surface area (Å²) in [5.41, 5.74) is 17.9. The van der Waals surface area contributed by atoms with E-state index in [2.05, 4.69) is 266 Å². The molecule has 11 aromatic carbocycles. The van der Waals surface area contributed by atoms with E-state index in [0.717, 1.165) is 17.1 Å². The molecule has 0 aliphatic heterocycles. The zero-order valence-electron chi connectivity index (χ0n) is 35.3. The van der Waals surface area contributed by atoms with Gasteiger partial charge in [-0.3, -0.25) is 0 Å². The molecule has 0 saturated heterocycles. The Bertz CT molecular complexity index is 3410. The van der Waals surface area contributed by atoms with Crippen LogP contribution in [0.5, 0.6) is 0 Å². The third-order valence-electron chi connectivity index (χ3n) is 13.4. The minimum Gasteiger partial charge on any atom is -0.310 e. The van der Waals surface area contributed by atoms with Crippen LogP contribution in [-0.2, 0) is 5.41 Å². The summed E-state index contributed by atoms with van der Waals surface area (Å²) < 4.78 is 0. The lowest BCUT2D eigenvalue weighted by Crippen LogP contribution is -2.28. The van der Waals surface area contributed by atoms with E-state index in [4.69, 9.17) is 0 Å². The van der Waals surface area contributed by atoms with Gasteiger partial charge in [-0.05, 0) is 113 Å². The summed E-state index contributed by atoms with van der Waals surface area (Å²) in [6.07, 6.45) is 0. The van der Waals surface area contributed by atoms with Crippen LogP contribution in [0, 0.1) is 0 Å². The lowest BCUT2D eigenvalue weighted by Gasteiger charge is -2.34. The molecule has 0 atom stereocenters. The maximum Gasteiger partial charge on any atom is 0.0713 e. The van der Waals surface area contributed by atoms with E-state index in [9.17, 15) is 0 Å². The zero-order chi connectivity index (χ0) is 42.5. The number of hydrogen-bond acceptors (Lipinski definition) is 1. The van der Waals surface area contributed by atoms with Crippen molar-refractivity contribution in [3.05, 3.63) is 283 Å². The standard InChI is InChI=1S/C63H43N/c1-3-20-50(21-4-1)63(51-22-5-2-6-23-51)59-29-12-11-26-58(59)62-57(28-15-30-60(62)63)49-38-42-53(43-39-49)64(61-31-14-19-47-17-8-10-25-56(47)61)52-40-36-45(37-41-52)44-32-34-48(35-33-44)55-27-13-18-46-16-7-9-24-54(46)55/h1-43H. The fourth-order valence-electron chi connectivity index (χ4n) is 10.5. The van der Waals surface area contributed by atoms with Gasteiger partial charge in [0.2, 0.25) is 0 Å². The van der Waals surface area contributed by atoms with Gasteiger partial charge in [-0.25, -0.2) is 0 Å². The summed E-state index contributed by atoms with van der Waals surface area (Å²) >= 11 is 0. The molecule has 12 rings (SSSR count). The van der Waals surface area contributed by atoms with Crippen LogP contribution in [0.1, 0.15) is 22.3 Å². The number of hydrogen-bond donors (Lipinski definition) is 0. The van der Waals surface area contributed by atoms with Crippen LogP contribution < -0.4 is 4.90 Å². The Kier molecular flexibility index (Phi) is 9.13. The zero-order valence-corrected chi connectivity index (χ0v) is 35.3. The molecule has 0 heterocycles. The molecule has 11 aromatic rings. The van der Waals surface area contributed by atoms with Gasteiger partial charge in [-0.1, -0.05) is 231 Å². The van der Waals surface area contributed by atoms with Gasteiger partial charge in [0.1, 0.15) is 0 Å². The second-order valence-corrected chi connectivity index (χ2v) is 16.8. The van der Waals surface area contributed by atoms with Gasteiger partial charge in [0.05, 0.1) is 11.1 Å². The highest BCUT2D eigenvalue weighted by molar-refractivity contribution is 6.00. The fraction of sp³-hybridized carbons (Fsp3) is 0.0159. The molecule has 1 aliphatic carbocycles. The first kappa shape index (κ1) is 37.5. The van der Waals surface area contributed by atoms with E-state index in [1.54, 1.807) is 0 Å². The number of anilines is 3. The largest absolute Gasteiger partial charge is 0.310 e. The first-order valence-corrected chi connectivity index (χ1v) is 22.2. The molecule has 0 aromatic heterocycles. The van der Waals surface area contributed by atoms with Gasteiger partial charge >= 0.3 is 0 Å². The Balaban J connectivity index is 0.945. The van der Waals surface area contributed by atoms with Crippen molar-refractivity contribution in [2.45, 2.75) is 5.41 Å². The average Bonchev–Trinajstić information content (AvgIpc) is 3.69. The Hall–Kier alpha value is -8.26. The fourth-order valence-corrected chi connectivity index (χ4v) is 10.5. The maximum absolute atomic E-state index is 2.40. The Labute approximate surface area is 374 Å². The lowest BCUT2D eigenvalue weighted by atomic mass is 9.67. The molecule has 0 fully saturated rings. The molecule has 1 aliphatic rings. The third-order valence-corrected chi connectivity index (χ3v) is 13.4. The van der Waals surface area contributed by atoms with Crippen molar-refractivity contribution in [2.24, 2.45) is 0 Å². The summed E-state index contributed by atoms with van der Waals surface area (Å²) in [5, 5.41) is 4.95. The highest BCUT2D eigenvalue weighted by Gasteiger charge is 2.46. The second-order valence-electron chi connectivity index (χ2n) is 16.8. The van der Waals surface area contributed by atoms with Crippen molar-refractivity contribution in [3.63, 3.8) is 0 Å². The Morgan fingerprint density at radius 2 is 0.688 bits per heavy atom. The van der Waals surface area contributed by atoms with Crippen molar-refractivity contribution in [1.29, 1.82) is 0 Å². The highest BCUT2D eigenvalue weighted by Crippen LogP contribution is 2.58. The third kappa shape index (κ3) is 6.08. The number of nitrogens with zero attached hydrogens (tertiary/aromatic N) is 1. The smallest absolute Gasteiger partial charge is 0.0713 e. The van der Waals surface area contributed by atoms with Crippen LogP contribution in [0.3, 0.4) is 0 Å². The molecule has 0 saturated carbocycles. The van der Waals surface area contributed by atoms with Gasteiger partial charge in [0.15, 0.2) is 0 Å². The van der Waals surface area contributed by atoms with Crippen LogP contribution in [0.4, 0.5) is 17.1 Å². The number of rotatable bonds is 8. The Morgan fingerprint density at radius 1 is 0.266 bits per heavy atom. The topological polar surface area (TPSA) is 3.24 Å². The first-order chi connectivity index (χ1) is 31.8. The van der Waals surface area contributed by atoms with Crippen molar-refractivity contribution in [3.8, 4) is 44.5 Å². The second kappa shape index (κ2) is 15.6. The quantitative estimate of drug-likeness (QED) is 0.148. The minimum atomic E-state index is -0.444. The van der Waals surface area contributed by atoms with Crippen molar-refractivity contribution >= 4 is 38.6 Å². The van der Waals surface area contributed by atoms with Gasteiger partial charge in [0.25, 0.3) is 0 Å². The number of benzene rings is 11. The van der Waals surface area contributed by atoms with E-state index >= 15 is 0 Å². The maximum atomic E-state index is 2.40. The summed E-state index contributed by atoms with van der Waals surface area (Å²) in [6, 6.07) is 95.6. The van der Waals surface area contributed by atoms with Gasteiger partial charge in [0, 0.05) is 16.8 Å². The molecule has 64 heavy (non-hydrogen) atoms. The molecule has 300 valence electrons. The lowest BCUT2D eigenvalue weighted by molar-refractivity contribution is 0.768. The predicted octanol–water partition coefficient (Wildman–Crippen LogP) is 16.8. The van der Waals surface area contributed by atoms with Crippen LogP contribution in [-0.4, -0.2) is 0 Å². The monoisotopic (exact) mass is 813 g/mol. The SMILES string of the molecule is c1ccc(C2(c3ccccc3)c3ccccc3-c3c(-c4ccc(N(c5ccc(-c6ccc(-c7cccc8ccccc78)cc6)cc5)c5cccc6ccccc56)cc4)cccc32)cc1. The molecule has 0 radical (unpaired) electrons. The summed E-state index contributed by atoms with van der Waals surface area (Å²) in [5.74, 6) is 0. The van der Waals surface area contributed by atoms with E-state index in [-0.39, 0.29) is 0 Å². The van der Waals surface area contributed by atoms with Gasteiger partial charge in [-0.15, -0.1) is 0 Å². The molecule has 0 spiro atoms. The van der Waals surface area contributed by atoms with Crippen LogP contribution >= 0.6 is 0 Å². The summed E-state index contributed by atoms with van der Waals surface area (Å²) in [4.78, 5) is 2.40. The molecule has 1 heteroatoms. The van der Waals surface area contributed by atoms with Crippen molar-refractivity contribution < 1.29 is 0 Å². The average molecular weight is 814 g/mol. The van der Waals surface area contributed by atoms with Crippen LogP contribution in [0.2, 0.25) is 0 Å². The van der Waals surface area contributed by atoms with Gasteiger partial charge in [-0.2, -0.15) is 0 Å². The van der Waals surface area contributed by atoms with Crippen molar-refractivity contribution in [1.82, 2.24) is 0 Å². The molecule has 0 amide bonds. The molecular formula is C63H43N. The van der Waals surface area contributed by atoms with Crippen molar-refractivity contribution in [2.75, 3.05) is 4.90 Å². The van der Waals surface area contributed by atoms with E-state index in [0.29, 0.717) is 0 Å². The molecule has 0 unspecified atom stereocenters.